The predicted molar refractivity (Wildman–Crippen MR) is 102 cm³/mol. The molecule has 1 aliphatic heterocycles. The van der Waals surface area contributed by atoms with Gasteiger partial charge in [-0.15, -0.1) is 0 Å². The third kappa shape index (κ3) is 3.78. The van der Waals surface area contributed by atoms with Gasteiger partial charge in [0.2, 0.25) is 0 Å². The van der Waals surface area contributed by atoms with E-state index in [0.717, 1.165) is 5.56 Å². The molecule has 0 fully saturated rings. The molecule has 2 aromatic rings. The molecular formula is C19H13BrN2O4. The van der Waals surface area contributed by atoms with Crippen LogP contribution < -0.4 is 0 Å². The molecule has 130 valence electrons. The fraction of sp³-hybridized carbons (Fsp3) is 0.0526. The van der Waals surface area contributed by atoms with Gasteiger partial charge in [-0.3, -0.25) is 10.1 Å². The maximum atomic E-state index is 12.0. The Hall–Kier alpha value is -3.06. The van der Waals surface area contributed by atoms with Crippen molar-refractivity contribution in [3.63, 3.8) is 0 Å². The third-order valence-electron chi connectivity index (χ3n) is 3.76. The predicted octanol–water partition coefficient (Wildman–Crippen LogP) is 4.53. The van der Waals surface area contributed by atoms with Crippen LogP contribution in [0.25, 0.3) is 6.08 Å². The molecule has 6 nitrogen and oxygen atoms in total. The Bertz CT molecular complexity index is 978. The normalized spacial score (nSPS) is 15.8. The monoisotopic (exact) mass is 412 g/mol. The van der Waals surface area contributed by atoms with E-state index in [4.69, 9.17) is 4.84 Å². The van der Waals surface area contributed by atoms with Crippen LogP contribution in [0.5, 0.6) is 0 Å². The summed E-state index contributed by atoms with van der Waals surface area (Å²) in [6, 6.07) is 14.2. The molecule has 0 aliphatic carbocycles. The Morgan fingerprint density at radius 3 is 2.65 bits per heavy atom. The lowest BCUT2D eigenvalue weighted by atomic mass is 10.0. The summed E-state index contributed by atoms with van der Waals surface area (Å²) in [4.78, 5) is 27.5. The van der Waals surface area contributed by atoms with Crippen LogP contribution in [-0.4, -0.2) is 16.6 Å². The van der Waals surface area contributed by atoms with Gasteiger partial charge in [-0.25, -0.2) is 4.79 Å². The first-order valence-corrected chi connectivity index (χ1v) is 8.44. The summed E-state index contributed by atoms with van der Waals surface area (Å²) in [7, 11) is 0. The summed E-state index contributed by atoms with van der Waals surface area (Å²) in [5.41, 5.74) is 2.37. The van der Waals surface area contributed by atoms with Gasteiger partial charge in [-0.05, 0) is 24.6 Å². The lowest BCUT2D eigenvalue weighted by Gasteiger charge is -2.03. The molecular weight excluding hydrogens is 400 g/mol. The smallest absolute Gasteiger partial charge is 0.312 e. The standard InChI is InChI=1S/C19H13BrN2O4/c1-12-7-8-14(10-17(12)22(24)25)18-16(19(23)26-21-18)11-15(20)9-13-5-3-2-4-6-13/h2-11H,1H3/b15-9-,16-11-. The van der Waals surface area contributed by atoms with Crippen LogP contribution in [0.1, 0.15) is 16.7 Å². The van der Waals surface area contributed by atoms with E-state index in [9.17, 15) is 14.9 Å². The number of hydrogen-bond donors (Lipinski definition) is 0. The molecule has 0 bridgehead atoms. The van der Waals surface area contributed by atoms with Gasteiger partial charge in [0, 0.05) is 21.7 Å². The Balaban J connectivity index is 1.98. The molecule has 0 aromatic heterocycles. The van der Waals surface area contributed by atoms with Gasteiger partial charge in [0.25, 0.3) is 5.69 Å². The average Bonchev–Trinajstić information content (AvgIpc) is 2.96. The minimum atomic E-state index is -0.610. The Kier molecular flexibility index (Phi) is 5.09. The number of hydrogen-bond acceptors (Lipinski definition) is 5. The molecule has 0 unspecified atom stereocenters. The first kappa shape index (κ1) is 17.8. The summed E-state index contributed by atoms with van der Waals surface area (Å²) in [6.07, 6.45) is 3.43. The molecule has 2 aromatic carbocycles. The van der Waals surface area contributed by atoms with E-state index in [0.29, 0.717) is 15.6 Å². The van der Waals surface area contributed by atoms with E-state index >= 15 is 0 Å². The largest absolute Gasteiger partial charge is 0.368 e. The van der Waals surface area contributed by atoms with Crippen molar-refractivity contribution >= 4 is 39.4 Å². The highest BCUT2D eigenvalue weighted by Crippen LogP contribution is 2.26. The van der Waals surface area contributed by atoms with Crippen LogP contribution in [0.15, 0.2) is 69.8 Å². The molecule has 0 radical (unpaired) electrons. The zero-order valence-electron chi connectivity index (χ0n) is 13.7. The Morgan fingerprint density at radius 1 is 1.23 bits per heavy atom. The summed E-state index contributed by atoms with van der Waals surface area (Å²) in [5.74, 6) is -0.610. The van der Waals surface area contributed by atoms with Crippen LogP contribution in [-0.2, 0) is 9.63 Å². The summed E-state index contributed by atoms with van der Waals surface area (Å²) >= 11 is 3.42. The van der Waals surface area contributed by atoms with Gasteiger partial charge in [0.05, 0.1) is 10.5 Å². The highest BCUT2D eigenvalue weighted by Gasteiger charge is 2.28. The van der Waals surface area contributed by atoms with Gasteiger partial charge < -0.3 is 4.84 Å². The highest BCUT2D eigenvalue weighted by atomic mass is 79.9. The molecule has 0 amide bonds. The maximum absolute atomic E-state index is 12.0. The molecule has 3 rings (SSSR count). The molecule has 26 heavy (non-hydrogen) atoms. The van der Waals surface area contributed by atoms with Crippen LogP contribution in [0, 0.1) is 17.0 Å². The molecule has 0 N–H and O–H groups in total. The number of nitrogens with zero attached hydrogens (tertiary/aromatic N) is 2. The Morgan fingerprint density at radius 2 is 1.96 bits per heavy atom. The lowest BCUT2D eigenvalue weighted by Crippen LogP contribution is -2.08. The zero-order valence-corrected chi connectivity index (χ0v) is 15.3. The first-order chi connectivity index (χ1) is 12.5. The molecule has 0 atom stereocenters. The van der Waals surface area contributed by atoms with Crippen molar-refractivity contribution in [1.82, 2.24) is 0 Å². The maximum Gasteiger partial charge on any atom is 0.368 e. The topological polar surface area (TPSA) is 81.8 Å². The van der Waals surface area contributed by atoms with E-state index < -0.39 is 10.9 Å². The van der Waals surface area contributed by atoms with E-state index in [1.54, 1.807) is 25.1 Å². The second-order valence-electron chi connectivity index (χ2n) is 5.57. The number of benzene rings is 2. The number of aryl methyl sites for hydroxylation is 1. The van der Waals surface area contributed by atoms with E-state index in [1.807, 2.05) is 36.4 Å². The van der Waals surface area contributed by atoms with Crippen molar-refractivity contribution in [2.24, 2.45) is 5.16 Å². The molecule has 1 aliphatic rings. The SMILES string of the molecule is Cc1ccc(C2=NOC(=O)/C2=C\C(Br)=C\c2ccccc2)cc1[N+](=O)[O-]. The minimum Gasteiger partial charge on any atom is -0.312 e. The van der Waals surface area contributed by atoms with Crippen LogP contribution in [0.4, 0.5) is 5.69 Å². The number of oxime groups is 1. The number of nitro benzene ring substituents is 1. The van der Waals surface area contributed by atoms with E-state index in [-0.39, 0.29) is 17.0 Å². The van der Waals surface area contributed by atoms with Crippen molar-refractivity contribution in [2.75, 3.05) is 0 Å². The van der Waals surface area contributed by atoms with Crippen molar-refractivity contribution in [1.29, 1.82) is 0 Å². The second kappa shape index (κ2) is 7.45. The molecule has 0 saturated heterocycles. The molecule has 7 heteroatoms. The van der Waals surface area contributed by atoms with Gasteiger partial charge >= 0.3 is 5.97 Å². The fourth-order valence-corrected chi connectivity index (χ4v) is 2.95. The number of rotatable bonds is 4. The van der Waals surface area contributed by atoms with Crippen molar-refractivity contribution in [2.45, 2.75) is 6.92 Å². The van der Waals surface area contributed by atoms with Crippen molar-refractivity contribution in [3.05, 3.63) is 91.5 Å². The van der Waals surface area contributed by atoms with Gasteiger partial charge in [0.1, 0.15) is 5.71 Å². The minimum absolute atomic E-state index is 0.0391. The Labute approximate surface area is 157 Å². The summed E-state index contributed by atoms with van der Waals surface area (Å²) in [6.45, 7) is 1.65. The number of halogens is 1. The van der Waals surface area contributed by atoms with Gasteiger partial charge in [0.15, 0.2) is 0 Å². The highest BCUT2D eigenvalue weighted by molar-refractivity contribution is 9.12. The quantitative estimate of drug-likeness (QED) is 0.319. The van der Waals surface area contributed by atoms with Crippen LogP contribution in [0.2, 0.25) is 0 Å². The third-order valence-corrected chi connectivity index (χ3v) is 4.22. The number of allylic oxidation sites excluding steroid dienone is 2. The van der Waals surface area contributed by atoms with E-state index in [1.165, 1.54) is 6.07 Å². The molecule has 0 saturated carbocycles. The van der Waals surface area contributed by atoms with Crippen LogP contribution in [0.3, 0.4) is 0 Å². The average molecular weight is 413 g/mol. The number of carbonyl (C=O) groups excluding carboxylic acids is 1. The van der Waals surface area contributed by atoms with E-state index in [2.05, 4.69) is 21.1 Å². The number of carbonyl (C=O) groups is 1. The van der Waals surface area contributed by atoms with Gasteiger partial charge in [-0.1, -0.05) is 63.6 Å². The summed E-state index contributed by atoms with van der Waals surface area (Å²) in [5, 5.41) is 14.9. The zero-order chi connectivity index (χ0) is 18.7. The van der Waals surface area contributed by atoms with Crippen LogP contribution >= 0.6 is 15.9 Å². The fourth-order valence-electron chi connectivity index (χ4n) is 2.46. The second-order valence-corrected chi connectivity index (χ2v) is 6.49. The summed E-state index contributed by atoms with van der Waals surface area (Å²) < 4.78 is 0.645. The number of nitro groups is 1. The lowest BCUT2D eigenvalue weighted by molar-refractivity contribution is -0.385. The first-order valence-electron chi connectivity index (χ1n) is 7.65. The molecule has 1 heterocycles. The molecule has 0 spiro atoms. The van der Waals surface area contributed by atoms with Crippen molar-refractivity contribution in [3.8, 4) is 0 Å². The van der Waals surface area contributed by atoms with Crippen molar-refractivity contribution < 1.29 is 14.6 Å². The van der Waals surface area contributed by atoms with Gasteiger partial charge in [-0.2, -0.15) is 0 Å².